The molecule has 0 aliphatic heterocycles. The van der Waals surface area contributed by atoms with Gasteiger partial charge in [-0.15, -0.1) is 24.0 Å². The van der Waals surface area contributed by atoms with E-state index in [1.54, 1.807) is 18.2 Å². The van der Waals surface area contributed by atoms with Crippen molar-refractivity contribution in [3.63, 3.8) is 0 Å². The summed E-state index contributed by atoms with van der Waals surface area (Å²) in [4.78, 5) is 4.77. The summed E-state index contributed by atoms with van der Waals surface area (Å²) in [7, 11) is -2.05. The zero-order chi connectivity index (χ0) is 18.1. The summed E-state index contributed by atoms with van der Waals surface area (Å²) in [6.45, 7) is 3.80. The van der Waals surface area contributed by atoms with Gasteiger partial charge in [-0.3, -0.25) is 0 Å². The molecule has 0 fully saturated rings. The van der Waals surface area contributed by atoms with Gasteiger partial charge in [0.25, 0.3) is 0 Å². The molecule has 0 saturated heterocycles. The number of nitrogens with one attached hydrogen (secondary N) is 3. The highest BCUT2D eigenvalue weighted by Gasteiger charge is 2.11. The van der Waals surface area contributed by atoms with E-state index in [0.717, 1.165) is 17.7 Å². The Morgan fingerprint density at radius 1 is 1.00 bits per heavy atom. The molecule has 0 aromatic heterocycles. The molecule has 0 saturated carbocycles. The highest BCUT2D eigenvalue weighted by Crippen LogP contribution is 2.11. The summed E-state index contributed by atoms with van der Waals surface area (Å²) in [6, 6.07) is 16.8. The first kappa shape index (κ1) is 22.4. The van der Waals surface area contributed by atoms with Crippen LogP contribution < -0.4 is 15.4 Å². The van der Waals surface area contributed by atoms with Crippen LogP contribution in [-0.4, -0.2) is 28.0 Å². The Balaban J connectivity index is 0.00000338. The highest BCUT2D eigenvalue weighted by molar-refractivity contribution is 14.0. The maximum atomic E-state index is 11.9. The first-order chi connectivity index (χ1) is 12.0. The Bertz CT molecular complexity index is 811. The number of rotatable bonds is 7. The molecule has 2 aromatic rings. The average Bonchev–Trinajstić information content (AvgIpc) is 2.65. The highest BCUT2D eigenvalue weighted by atomic mass is 127. The molecule has 3 N–H and O–H groups in total. The van der Waals surface area contributed by atoms with Crippen LogP contribution in [-0.2, 0) is 23.1 Å². The van der Waals surface area contributed by atoms with Crippen molar-refractivity contribution in [1.82, 2.24) is 15.4 Å². The lowest BCUT2D eigenvalue weighted by atomic mass is 10.2. The fourth-order valence-electron chi connectivity index (χ4n) is 2.22. The molecule has 26 heavy (non-hydrogen) atoms. The van der Waals surface area contributed by atoms with Gasteiger partial charge in [-0.25, -0.2) is 18.1 Å². The van der Waals surface area contributed by atoms with Gasteiger partial charge in [-0.05, 0) is 37.2 Å². The van der Waals surface area contributed by atoms with Gasteiger partial charge in [0.05, 0.1) is 11.4 Å². The maximum Gasteiger partial charge on any atom is 0.240 e. The fraction of sp³-hybridized carbons (Fsp3) is 0.278. The quantitative estimate of drug-likeness (QED) is 0.318. The molecule has 0 bridgehead atoms. The third-order valence-corrected chi connectivity index (χ3v) is 4.96. The lowest BCUT2D eigenvalue weighted by molar-refractivity contribution is 0.588. The number of halogens is 1. The smallest absolute Gasteiger partial charge is 0.240 e. The largest absolute Gasteiger partial charge is 0.357 e. The Hall–Kier alpha value is -1.65. The third-order valence-electron chi connectivity index (χ3n) is 3.54. The minimum atomic E-state index is -3.45. The van der Waals surface area contributed by atoms with Crippen LogP contribution in [0.5, 0.6) is 0 Å². The summed E-state index contributed by atoms with van der Waals surface area (Å²) < 4.78 is 26.1. The number of hydrogen-bond acceptors (Lipinski definition) is 3. The second kappa shape index (κ2) is 11.1. The minimum Gasteiger partial charge on any atom is -0.357 e. The van der Waals surface area contributed by atoms with Crippen LogP contribution in [0.15, 0.2) is 64.5 Å². The van der Waals surface area contributed by atoms with E-state index < -0.39 is 10.0 Å². The number of guanidine groups is 1. The van der Waals surface area contributed by atoms with Gasteiger partial charge in [-0.1, -0.05) is 42.5 Å². The van der Waals surface area contributed by atoms with Gasteiger partial charge >= 0.3 is 0 Å². The topological polar surface area (TPSA) is 82.6 Å². The van der Waals surface area contributed by atoms with E-state index in [9.17, 15) is 8.42 Å². The molecule has 2 aromatic carbocycles. The Morgan fingerprint density at radius 3 is 2.35 bits per heavy atom. The van der Waals surface area contributed by atoms with Crippen LogP contribution in [0.4, 0.5) is 0 Å². The Labute approximate surface area is 172 Å². The standard InChI is InChI=1S/C18H24N4O2S.HI/c1-3-20-18(21-13-15-8-5-4-6-9-15)22-14-16-10-7-11-17(12-16)25(23,24)19-2;/h4-12,19H,3,13-14H2,1-2H3,(H2,20,21,22);1H. The molecule has 8 heteroatoms. The van der Waals surface area contributed by atoms with E-state index in [4.69, 9.17) is 0 Å². The number of nitrogens with zero attached hydrogens (tertiary/aromatic N) is 1. The van der Waals surface area contributed by atoms with Crippen molar-refractivity contribution in [1.29, 1.82) is 0 Å². The number of sulfonamides is 1. The van der Waals surface area contributed by atoms with E-state index in [0.29, 0.717) is 19.0 Å². The van der Waals surface area contributed by atoms with Gasteiger partial charge in [0, 0.05) is 13.1 Å². The van der Waals surface area contributed by atoms with Gasteiger partial charge < -0.3 is 10.6 Å². The zero-order valence-corrected chi connectivity index (χ0v) is 18.0. The SMILES string of the molecule is CCNC(=NCc1cccc(S(=O)(=O)NC)c1)NCc1ccccc1.I. The van der Waals surface area contributed by atoms with E-state index in [-0.39, 0.29) is 28.9 Å². The molecule has 0 radical (unpaired) electrons. The van der Waals surface area contributed by atoms with Crippen molar-refractivity contribution in [2.75, 3.05) is 13.6 Å². The molecule has 142 valence electrons. The molecule has 0 amide bonds. The number of aliphatic imine (C=N–C) groups is 1. The minimum absolute atomic E-state index is 0. The fourth-order valence-corrected chi connectivity index (χ4v) is 3.02. The molecule has 0 atom stereocenters. The molecular formula is C18H25IN4O2S. The van der Waals surface area contributed by atoms with E-state index in [2.05, 4.69) is 20.3 Å². The predicted octanol–water partition coefficient (Wildman–Crippen LogP) is 2.47. The monoisotopic (exact) mass is 488 g/mol. The summed E-state index contributed by atoms with van der Waals surface area (Å²) in [5, 5.41) is 6.46. The molecule has 0 heterocycles. The van der Waals surface area contributed by atoms with E-state index in [1.165, 1.54) is 7.05 Å². The number of hydrogen-bond donors (Lipinski definition) is 3. The second-order valence-electron chi connectivity index (χ2n) is 5.39. The normalized spacial score (nSPS) is 11.5. The average molecular weight is 488 g/mol. The lowest BCUT2D eigenvalue weighted by Gasteiger charge is -2.11. The van der Waals surface area contributed by atoms with Crippen LogP contribution in [0.1, 0.15) is 18.1 Å². The summed E-state index contributed by atoms with van der Waals surface area (Å²) in [5.41, 5.74) is 1.99. The van der Waals surface area contributed by atoms with Crippen molar-refractivity contribution in [2.45, 2.75) is 24.9 Å². The number of benzene rings is 2. The van der Waals surface area contributed by atoms with Crippen LogP contribution in [0.25, 0.3) is 0 Å². The van der Waals surface area contributed by atoms with Crippen LogP contribution in [0.3, 0.4) is 0 Å². The molecule has 0 spiro atoms. The molecule has 0 aliphatic rings. The maximum absolute atomic E-state index is 11.9. The van der Waals surface area contributed by atoms with Crippen molar-refractivity contribution in [3.8, 4) is 0 Å². The first-order valence-corrected chi connectivity index (χ1v) is 9.62. The van der Waals surface area contributed by atoms with Crippen molar-refractivity contribution < 1.29 is 8.42 Å². The predicted molar refractivity (Wildman–Crippen MR) is 116 cm³/mol. The van der Waals surface area contributed by atoms with Crippen LogP contribution in [0.2, 0.25) is 0 Å². The Morgan fingerprint density at radius 2 is 1.69 bits per heavy atom. The third kappa shape index (κ3) is 6.93. The molecule has 0 aliphatic carbocycles. The summed E-state index contributed by atoms with van der Waals surface area (Å²) >= 11 is 0. The zero-order valence-electron chi connectivity index (χ0n) is 14.9. The van der Waals surface area contributed by atoms with Crippen molar-refractivity contribution in [3.05, 3.63) is 65.7 Å². The van der Waals surface area contributed by atoms with E-state index in [1.807, 2.05) is 43.3 Å². The molecular weight excluding hydrogens is 463 g/mol. The van der Waals surface area contributed by atoms with Gasteiger partial charge in [0.1, 0.15) is 0 Å². The lowest BCUT2D eigenvalue weighted by Crippen LogP contribution is -2.36. The summed E-state index contributed by atoms with van der Waals surface area (Å²) in [6.07, 6.45) is 0. The van der Waals surface area contributed by atoms with Crippen LogP contribution >= 0.6 is 24.0 Å². The van der Waals surface area contributed by atoms with Gasteiger partial charge in [-0.2, -0.15) is 0 Å². The molecule has 2 rings (SSSR count). The van der Waals surface area contributed by atoms with Gasteiger partial charge in [0.15, 0.2) is 5.96 Å². The van der Waals surface area contributed by atoms with Crippen molar-refractivity contribution >= 4 is 40.0 Å². The first-order valence-electron chi connectivity index (χ1n) is 8.13. The second-order valence-corrected chi connectivity index (χ2v) is 7.28. The van der Waals surface area contributed by atoms with Gasteiger partial charge in [0.2, 0.25) is 10.0 Å². The Kier molecular flexibility index (Phi) is 9.60. The van der Waals surface area contributed by atoms with E-state index >= 15 is 0 Å². The van der Waals surface area contributed by atoms with Crippen molar-refractivity contribution in [2.24, 2.45) is 4.99 Å². The summed E-state index contributed by atoms with van der Waals surface area (Å²) in [5.74, 6) is 0.688. The molecule has 0 unspecified atom stereocenters. The van der Waals surface area contributed by atoms with Crippen LogP contribution in [0, 0.1) is 0 Å². The molecule has 6 nitrogen and oxygen atoms in total.